The van der Waals surface area contributed by atoms with Gasteiger partial charge < -0.3 is 4.74 Å². The maximum Gasteiger partial charge on any atom is 0.279 e. The van der Waals surface area contributed by atoms with Crippen LogP contribution in [0.25, 0.3) is 0 Å². The van der Waals surface area contributed by atoms with Gasteiger partial charge in [-0.25, -0.2) is 4.98 Å². The van der Waals surface area contributed by atoms with E-state index in [0.717, 1.165) is 0 Å². The minimum absolute atomic E-state index is 0.0299. The fourth-order valence-corrected chi connectivity index (χ4v) is 3.03. The van der Waals surface area contributed by atoms with Crippen molar-refractivity contribution in [2.75, 3.05) is 11.8 Å². The average Bonchev–Trinajstić information content (AvgIpc) is 2.42. The van der Waals surface area contributed by atoms with Gasteiger partial charge in [0.05, 0.1) is 12.8 Å². The van der Waals surface area contributed by atoms with E-state index >= 15 is 0 Å². The van der Waals surface area contributed by atoms with Gasteiger partial charge in [0.1, 0.15) is 5.75 Å². The predicted molar refractivity (Wildman–Crippen MR) is 75.7 cm³/mol. The number of aromatic nitrogens is 1. The first-order chi connectivity index (χ1) is 9.03. The second kappa shape index (κ2) is 5.58. The van der Waals surface area contributed by atoms with Gasteiger partial charge in [-0.05, 0) is 46.3 Å². The highest BCUT2D eigenvalue weighted by Gasteiger charge is 2.16. The summed E-state index contributed by atoms with van der Waals surface area (Å²) in [6.45, 7) is 0. The van der Waals surface area contributed by atoms with Crippen LogP contribution in [-0.2, 0) is 10.0 Å². The lowest BCUT2D eigenvalue weighted by molar-refractivity contribution is 0.414. The van der Waals surface area contributed by atoms with Crippen LogP contribution in [0.15, 0.2) is 52.1 Å². The van der Waals surface area contributed by atoms with E-state index < -0.39 is 10.0 Å². The number of nitrogens with one attached hydrogen (secondary N) is 1. The largest absolute Gasteiger partial charge is 0.497 e. The van der Waals surface area contributed by atoms with E-state index in [0.29, 0.717) is 15.9 Å². The Balaban J connectivity index is 2.31. The maximum atomic E-state index is 12.1. The summed E-state index contributed by atoms with van der Waals surface area (Å²) >= 11 is 3.29. The molecule has 0 aliphatic carbocycles. The third-order valence-corrected chi connectivity index (χ3v) is 4.27. The molecule has 1 heterocycles. The van der Waals surface area contributed by atoms with Gasteiger partial charge in [-0.3, -0.25) is 4.72 Å². The standard InChI is InChI=1S/C12H11BrN2O3S/c1-18-9-5-6-11(10(13)8-9)15-19(16,17)12-4-2-3-7-14-12/h2-8,15H,1H3. The first-order valence-electron chi connectivity index (χ1n) is 5.30. The number of ether oxygens (including phenoxy) is 1. The molecule has 0 unspecified atom stereocenters. The van der Waals surface area contributed by atoms with Gasteiger partial charge in [-0.2, -0.15) is 8.42 Å². The van der Waals surface area contributed by atoms with Crippen molar-refractivity contribution in [2.24, 2.45) is 0 Å². The monoisotopic (exact) mass is 342 g/mol. The van der Waals surface area contributed by atoms with Gasteiger partial charge in [0.25, 0.3) is 10.0 Å². The Kier molecular flexibility index (Phi) is 4.06. The summed E-state index contributed by atoms with van der Waals surface area (Å²) in [6.07, 6.45) is 1.43. The number of anilines is 1. The SMILES string of the molecule is COc1ccc(NS(=O)(=O)c2ccccn2)c(Br)c1. The van der Waals surface area contributed by atoms with Crippen molar-refractivity contribution < 1.29 is 13.2 Å². The maximum absolute atomic E-state index is 12.1. The number of hydrogen-bond acceptors (Lipinski definition) is 4. The minimum atomic E-state index is -3.69. The predicted octanol–water partition coefficient (Wildman–Crippen LogP) is 2.65. The van der Waals surface area contributed by atoms with E-state index in [1.54, 1.807) is 37.4 Å². The second-order valence-electron chi connectivity index (χ2n) is 3.62. The highest BCUT2D eigenvalue weighted by atomic mass is 79.9. The summed E-state index contributed by atoms with van der Waals surface area (Å²) in [5, 5.41) is -0.0299. The molecule has 2 aromatic rings. The number of benzene rings is 1. The van der Waals surface area contributed by atoms with Gasteiger partial charge in [0.15, 0.2) is 5.03 Å². The molecule has 5 nitrogen and oxygen atoms in total. The van der Waals surface area contributed by atoms with E-state index in [1.807, 2.05) is 0 Å². The van der Waals surface area contributed by atoms with Crippen molar-refractivity contribution in [3.05, 3.63) is 47.1 Å². The fourth-order valence-electron chi connectivity index (χ4n) is 1.41. The fraction of sp³-hybridized carbons (Fsp3) is 0.0833. The molecule has 2 rings (SSSR count). The number of methoxy groups -OCH3 is 1. The van der Waals surface area contributed by atoms with Crippen LogP contribution in [0.3, 0.4) is 0 Å². The first kappa shape index (κ1) is 13.8. The average molecular weight is 343 g/mol. The van der Waals surface area contributed by atoms with Crippen LogP contribution in [-0.4, -0.2) is 20.5 Å². The summed E-state index contributed by atoms with van der Waals surface area (Å²) < 4.78 is 32.3. The number of hydrogen-bond donors (Lipinski definition) is 1. The van der Waals surface area contributed by atoms with Crippen LogP contribution < -0.4 is 9.46 Å². The molecule has 7 heteroatoms. The Morgan fingerprint density at radius 2 is 2.05 bits per heavy atom. The van der Waals surface area contributed by atoms with Crippen molar-refractivity contribution >= 4 is 31.6 Å². The molecule has 0 fully saturated rings. The summed E-state index contributed by atoms with van der Waals surface area (Å²) in [7, 11) is -2.15. The molecule has 0 atom stereocenters. The zero-order valence-corrected chi connectivity index (χ0v) is 12.4. The second-order valence-corrected chi connectivity index (χ2v) is 6.10. The van der Waals surface area contributed by atoms with E-state index in [4.69, 9.17) is 4.74 Å². The van der Waals surface area contributed by atoms with Crippen LogP contribution in [0, 0.1) is 0 Å². The quantitative estimate of drug-likeness (QED) is 0.927. The van der Waals surface area contributed by atoms with Gasteiger partial charge >= 0.3 is 0 Å². The molecular formula is C12H11BrN2O3S. The molecular weight excluding hydrogens is 332 g/mol. The Hall–Kier alpha value is -1.60. The van der Waals surface area contributed by atoms with Crippen LogP contribution in [0.4, 0.5) is 5.69 Å². The summed E-state index contributed by atoms with van der Waals surface area (Å²) in [6, 6.07) is 9.66. The third-order valence-electron chi connectivity index (χ3n) is 2.33. The summed E-state index contributed by atoms with van der Waals surface area (Å²) in [4.78, 5) is 3.82. The molecule has 19 heavy (non-hydrogen) atoms. The van der Waals surface area contributed by atoms with E-state index in [-0.39, 0.29) is 5.03 Å². The Labute approximate surface area is 119 Å². The molecule has 0 saturated heterocycles. The number of sulfonamides is 1. The molecule has 0 amide bonds. The summed E-state index contributed by atoms with van der Waals surface area (Å²) in [5.74, 6) is 0.632. The lowest BCUT2D eigenvalue weighted by Gasteiger charge is -2.10. The molecule has 0 radical (unpaired) electrons. The Morgan fingerprint density at radius 1 is 1.26 bits per heavy atom. The molecule has 1 aromatic carbocycles. The van der Waals surface area contributed by atoms with Crippen molar-refractivity contribution in [1.29, 1.82) is 0 Å². The van der Waals surface area contributed by atoms with Crippen LogP contribution in [0.1, 0.15) is 0 Å². The zero-order chi connectivity index (χ0) is 13.9. The van der Waals surface area contributed by atoms with Crippen molar-refractivity contribution in [3.63, 3.8) is 0 Å². The van der Waals surface area contributed by atoms with Crippen LogP contribution in [0.2, 0.25) is 0 Å². The highest BCUT2D eigenvalue weighted by molar-refractivity contribution is 9.10. The van der Waals surface area contributed by atoms with Crippen molar-refractivity contribution in [3.8, 4) is 5.75 Å². The summed E-state index contributed by atoms with van der Waals surface area (Å²) in [5.41, 5.74) is 0.423. The van der Waals surface area contributed by atoms with E-state index in [9.17, 15) is 8.42 Å². The normalized spacial score (nSPS) is 11.1. The molecule has 0 bridgehead atoms. The van der Waals surface area contributed by atoms with E-state index in [1.165, 1.54) is 12.3 Å². The number of nitrogens with zero attached hydrogens (tertiary/aromatic N) is 1. The highest BCUT2D eigenvalue weighted by Crippen LogP contribution is 2.28. The molecule has 0 saturated carbocycles. The van der Waals surface area contributed by atoms with Gasteiger partial charge in [0, 0.05) is 10.7 Å². The zero-order valence-electron chi connectivity index (χ0n) is 10.00. The number of halogens is 1. The van der Waals surface area contributed by atoms with Gasteiger partial charge in [-0.15, -0.1) is 0 Å². The molecule has 0 aliphatic rings. The molecule has 1 aromatic heterocycles. The molecule has 0 aliphatic heterocycles. The first-order valence-corrected chi connectivity index (χ1v) is 7.58. The third kappa shape index (κ3) is 3.24. The lowest BCUT2D eigenvalue weighted by Crippen LogP contribution is -2.14. The molecule has 0 spiro atoms. The topological polar surface area (TPSA) is 68.3 Å². The number of rotatable bonds is 4. The van der Waals surface area contributed by atoms with Crippen LogP contribution in [0.5, 0.6) is 5.75 Å². The molecule has 100 valence electrons. The van der Waals surface area contributed by atoms with Gasteiger partial charge in [-0.1, -0.05) is 6.07 Å². The van der Waals surface area contributed by atoms with Crippen molar-refractivity contribution in [2.45, 2.75) is 5.03 Å². The van der Waals surface area contributed by atoms with Gasteiger partial charge in [0.2, 0.25) is 0 Å². The lowest BCUT2D eigenvalue weighted by atomic mass is 10.3. The van der Waals surface area contributed by atoms with E-state index in [2.05, 4.69) is 25.6 Å². The Morgan fingerprint density at radius 3 is 2.63 bits per heavy atom. The van der Waals surface area contributed by atoms with Crippen molar-refractivity contribution in [1.82, 2.24) is 4.98 Å². The Bertz CT molecular complexity index is 675. The molecule has 1 N–H and O–H groups in total. The minimum Gasteiger partial charge on any atom is -0.497 e. The smallest absolute Gasteiger partial charge is 0.279 e. The van der Waals surface area contributed by atoms with Crippen LogP contribution >= 0.6 is 15.9 Å². The number of pyridine rings is 1.